The van der Waals surface area contributed by atoms with Crippen molar-refractivity contribution in [2.24, 2.45) is 0 Å². The van der Waals surface area contributed by atoms with E-state index in [9.17, 15) is 27.1 Å². The summed E-state index contributed by atoms with van der Waals surface area (Å²) >= 11 is 0. The summed E-state index contributed by atoms with van der Waals surface area (Å²) in [4.78, 5) is 27.7. The monoisotopic (exact) mass is 1380 g/mol. The molecule has 13 atom stereocenters. The molecule has 0 aliphatic carbocycles. The van der Waals surface area contributed by atoms with Crippen LogP contribution in [0.1, 0.15) is 300 Å². The van der Waals surface area contributed by atoms with Crippen molar-refractivity contribution in [3.63, 3.8) is 0 Å². The zero-order valence-corrected chi connectivity index (χ0v) is 62.1. The van der Waals surface area contributed by atoms with E-state index in [-0.39, 0.29) is 64.3 Å². The number of hydrogen-bond acceptors (Lipinski definition) is 17. The fraction of sp³-hybridized carbons (Fsp3) is 0.870. The number of nitrogens with one attached hydrogen (secondary N) is 1. The van der Waals surface area contributed by atoms with Crippen LogP contribution in [0.25, 0.3) is 0 Å². The normalized spacial score (nSPS) is 23.3. The number of ether oxygens (including phenoxy) is 9. The van der Waals surface area contributed by atoms with Crippen molar-refractivity contribution in [1.82, 2.24) is 5.32 Å². The van der Waals surface area contributed by atoms with E-state index in [1.807, 2.05) is 0 Å². The van der Waals surface area contributed by atoms with E-state index < -0.39 is 101 Å². The minimum absolute atomic E-state index is 0.0858. The molecular formula is C77H140NO17P. The maximum absolute atomic E-state index is 14.7. The number of unbranched alkanes of at least 4 members (excludes halogenated alkanes) is 31. The SMILES string of the molecule is [2H]C(CCCCCCCCCCC)O[C@H]1[C@H](O)[C@@H](CO[C@@H]2O[C@H](COC)[C@@H](OP(=O)(OCC=C)OCC=C)[C@H](OCC[C@@H](CCCCCCC)OC)[C@H]2NC(=O)CCCCCCCC#CCCCCCCCC)OC(OCC(=O)OCC=C)[C@@]1(O)C([2H])CCCCCCCCCCC. The van der Waals surface area contributed by atoms with Gasteiger partial charge in [-0.1, -0.05) is 258 Å². The van der Waals surface area contributed by atoms with Crippen LogP contribution in [0.5, 0.6) is 0 Å². The second-order valence-corrected chi connectivity index (χ2v) is 27.9. The second kappa shape index (κ2) is 60.1. The molecule has 3 unspecified atom stereocenters. The molecule has 0 radical (unpaired) electrons. The molecule has 2 rings (SSSR count). The maximum Gasteiger partial charge on any atom is 0.475 e. The van der Waals surface area contributed by atoms with Gasteiger partial charge in [0.2, 0.25) is 5.91 Å². The summed E-state index contributed by atoms with van der Waals surface area (Å²) in [6.45, 7) is 16.8. The molecule has 2 fully saturated rings. The Balaban J connectivity index is 2.72. The van der Waals surface area contributed by atoms with Crippen molar-refractivity contribution in [2.45, 2.75) is 364 Å². The highest BCUT2D eigenvalue weighted by Crippen LogP contribution is 2.53. The van der Waals surface area contributed by atoms with Gasteiger partial charge >= 0.3 is 13.8 Å². The van der Waals surface area contributed by atoms with E-state index in [1.165, 1.54) is 109 Å². The summed E-state index contributed by atoms with van der Waals surface area (Å²) in [5.74, 6) is 5.54. The predicted molar refractivity (Wildman–Crippen MR) is 385 cm³/mol. The van der Waals surface area contributed by atoms with Crippen LogP contribution >= 0.6 is 7.82 Å². The Morgan fingerprint density at radius 2 is 1.09 bits per heavy atom. The van der Waals surface area contributed by atoms with Gasteiger partial charge in [0.25, 0.3) is 0 Å². The molecule has 0 aromatic carbocycles. The Hall–Kier alpha value is -2.57. The zero-order chi connectivity index (χ0) is 71.8. The molecule has 0 bridgehead atoms. The lowest BCUT2D eigenvalue weighted by Crippen LogP contribution is -2.69. The zero-order valence-electron chi connectivity index (χ0n) is 63.2. The first-order valence-corrected chi connectivity index (χ1v) is 39.5. The summed E-state index contributed by atoms with van der Waals surface area (Å²) in [7, 11) is -1.36. The van der Waals surface area contributed by atoms with Crippen LogP contribution in [0.2, 0.25) is 0 Å². The summed E-state index contributed by atoms with van der Waals surface area (Å²) in [5, 5.41) is 29.1. The average molecular weight is 1380 g/mol. The first kappa shape index (κ1) is 85.8. The van der Waals surface area contributed by atoms with Crippen LogP contribution in [0.4, 0.5) is 0 Å². The van der Waals surface area contributed by atoms with Crippen molar-refractivity contribution in [3.8, 4) is 11.8 Å². The van der Waals surface area contributed by atoms with Crippen LogP contribution in [-0.2, 0) is 70.4 Å². The van der Waals surface area contributed by atoms with Crippen LogP contribution in [0, 0.1) is 11.8 Å². The molecule has 2 aliphatic rings. The van der Waals surface area contributed by atoms with Gasteiger partial charge in [-0.15, -0.1) is 25.0 Å². The summed E-state index contributed by atoms with van der Waals surface area (Å²) in [6, 6.07) is -1.22. The third kappa shape index (κ3) is 40.8. The third-order valence-electron chi connectivity index (χ3n) is 17.9. The number of aliphatic hydroxyl groups is 2. The minimum atomic E-state index is -4.49. The number of phosphoric acid groups is 1. The van der Waals surface area contributed by atoms with Gasteiger partial charge in [0.05, 0.1) is 33.9 Å². The molecule has 1 amide bonds. The lowest BCUT2D eigenvalue weighted by Gasteiger charge is -2.50. The van der Waals surface area contributed by atoms with Crippen molar-refractivity contribution in [3.05, 3.63) is 38.0 Å². The van der Waals surface area contributed by atoms with E-state index in [0.717, 1.165) is 135 Å². The maximum atomic E-state index is 14.7. The number of methoxy groups -OCH3 is 2. The molecule has 2 heterocycles. The van der Waals surface area contributed by atoms with Gasteiger partial charge in [-0.2, -0.15) is 0 Å². The number of hydrogen-bond donors (Lipinski definition) is 3. The lowest BCUT2D eigenvalue weighted by molar-refractivity contribution is -0.356. The van der Waals surface area contributed by atoms with E-state index in [2.05, 4.69) is 64.6 Å². The smallest absolute Gasteiger partial charge is 0.460 e. The number of rotatable bonds is 66. The standard InChI is InChI=1S/C77H140NO17P/c1-10-17-21-25-28-31-34-35-36-37-38-39-42-46-50-54-68(79)78-70-73(87-61-55-65(85-9)53-49-45-24-20-13-4)72(95-96(83,91-58-15-6)92-59-16-7)67(62-84-8)93-75(70)89-63-66-71(81)74(88-60-52-48-44-41-33-30-27-23-19-12-3)77(82,76(94-66)90-64-69(80)86-57-14-5)56-51-47-43-40-32-29-26-22-18-11-2/h14-16,65-67,70-76,81-82H,5-7,10-13,17-34,37-64H2,1-4,8-9H3,(H,78,79)/t65-,66-,67-,70-,71-,72-,73-,74+,75-,76?,77-/m1/s1/i56D,60D/t56?,60?,65-,66-,67-,70-,71-,72-,73-,74+,75-,76?,77-. The molecule has 2 saturated heterocycles. The van der Waals surface area contributed by atoms with Crippen LogP contribution in [0.15, 0.2) is 38.0 Å². The molecule has 0 saturated carbocycles. The molecule has 3 N–H and O–H groups in total. The molecule has 2 aliphatic heterocycles. The molecule has 0 aromatic rings. The van der Waals surface area contributed by atoms with Crippen molar-refractivity contribution in [1.29, 1.82) is 0 Å². The molecule has 0 spiro atoms. The van der Waals surface area contributed by atoms with E-state index >= 15 is 0 Å². The number of aliphatic hydroxyl groups excluding tert-OH is 1. The fourth-order valence-corrected chi connectivity index (χ4v) is 13.5. The van der Waals surface area contributed by atoms with E-state index in [1.54, 1.807) is 7.11 Å². The van der Waals surface area contributed by atoms with Crippen molar-refractivity contribution < 1.29 is 83.3 Å². The van der Waals surface area contributed by atoms with Gasteiger partial charge in [-0.25, -0.2) is 9.36 Å². The Morgan fingerprint density at radius 3 is 1.61 bits per heavy atom. The second-order valence-electron chi connectivity index (χ2n) is 26.3. The molecular weight excluding hydrogens is 1240 g/mol. The average Bonchev–Trinajstić information content (AvgIpc) is 0.754. The van der Waals surface area contributed by atoms with Gasteiger partial charge in [-0.05, 0) is 44.9 Å². The Kier molecular flexibility index (Phi) is 53.7. The van der Waals surface area contributed by atoms with Crippen LogP contribution in [-0.4, -0.2) is 156 Å². The summed E-state index contributed by atoms with van der Waals surface area (Å²) < 4.78 is 108. The lowest BCUT2D eigenvalue weighted by atomic mass is 9.82. The molecule has 560 valence electrons. The van der Waals surface area contributed by atoms with E-state index in [4.69, 9.17) is 56.2 Å². The number of esters is 1. The van der Waals surface area contributed by atoms with Crippen molar-refractivity contribution >= 4 is 19.7 Å². The summed E-state index contributed by atoms with van der Waals surface area (Å²) in [6.07, 6.45) is 30.4. The number of carbonyl (C=O) groups excluding carboxylic acids is 2. The molecule has 0 aromatic heterocycles. The number of phosphoric ester groups is 1. The first-order valence-electron chi connectivity index (χ1n) is 39.2. The number of carbonyl (C=O) groups is 2. The first-order chi connectivity index (χ1) is 47.7. The largest absolute Gasteiger partial charge is 0.475 e. The Labute approximate surface area is 587 Å². The third-order valence-corrected chi connectivity index (χ3v) is 19.3. The van der Waals surface area contributed by atoms with Gasteiger partial charge in [0.15, 0.2) is 12.6 Å². The van der Waals surface area contributed by atoms with Gasteiger partial charge in [0.1, 0.15) is 61.5 Å². The Bertz CT molecular complexity index is 2090. The predicted octanol–water partition coefficient (Wildman–Crippen LogP) is 17.6. The molecule has 96 heavy (non-hydrogen) atoms. The summed E-state index contributed by atoms with van der Waals surface area (Å²) in [5.41, 5.74) is -2.43. The van der Waals surface area contributed by atoms with Crippen LogP contribution < -0.4 is 5.32 Å². The molecule has 19 heteroatoms. The quantitative estimate of drug-likeness (QED) is 0.0170. The fourth-order valence-electron chi connectivity index (χ4n) is 12.2. The highest BCUT2D eigenvalue weighted by Gasteiger charge is 2.58. The minimum Gasteiger partial charge on any atom is -0.460 e. The van der Waals surface area contributed by atoms with E-state index in [0.29, 0.717) is 25.7 Å². The van der Waals surface area contributed by atoms with Crippen molar-refractivity contribution in [2.75, 3.05) is 67.1 Å². The topological polar surface area (TPSA) is 214 Å². The van der Waals surface area contributed by atoms with Crippen LogP contribution in [0.3, 0.4) is 0 Å². The highest BCUT2D eigenvalue weighted by atomic mass is 31.2. The van der Waals surface area contributed by atoms with Gasteiger partial charge in [0, 0.05) is 48.0 Å². The number of amides is 1. The van der Waals surface area contributed by atoms with Gasteiger partial charge < -0.3 is 58.2 Å². The highest BCUT2D eigenvalue weighted by molar-refractivity contribution is 7.48. The van der Waals surface area contributed by atoms with Gasteiger partial charge in [-0.3, -0.25) is 18.4 Å². The Morgan fingerprint density at radius 1 is 0.594 bits per heavy atom. The molecule has 18 nitrogen and oxygen atoms in total.